The van der Waals surface area contributed by atoms with Gasteiger partial charge in [0, 0.05) is 24.5 Å². The lowest BCUT2D eigenvalue weighted by Crippen LogP contribution is -2.18. The highest BCUT2D eigenvalue weighted by Gasteiger charge is 2.15. The number of benzene rings is 2. The Kier molecular flexibility index (Phi) is 5.77. The first-order chi connectivity index (χ1) is 15.7. The number of amides is 1. The molecule has 1 aliphatic rings. The van der Waals surface area contributed by atoms with E-state index < -0.39 is 0 Å². The van der Waals surface area contributed by atoms with Gasteiger partial charge in [0.25, 0.3) is 0 Å². The summed E-state index contributed by atoms with van der Waals surface area (Å²) in [7, 11) is 0. The van der Waals surface area contributed by atoms with Gasteiger partial charge in [-0.1, -0.05) is 30.0 Å². The maximum atomic E-state index is 12.5. The van der Waals surface area contributed by atoms with Crippen LogP contribution in [-0.2, 0) is 4.79 Å². The smallest absolute Gasteiger partial charge is 0.234 e. The van der Waals surface area contributed by atoms with Gasteiger partial charge in [-0.2, -0.15) is 5.10 Å². The van der Waals surface area contributed by atoms with Crippen LogP contribution in [0.2, 0.25) is 0 Å². The number of nitrogens with one attached hydrogen (secondary N) is 1. The van der Waals surface area contributed by atoms with Gasteiger partial charge < -0.3 is 10.2 Å². The molecule has 162 valence electrons. The van der Waals surface area contributed by atoms with Gasteiger partial charge >= 0.3 is 0 Å². The standard InChI is InChI=1S/C24H24N6OS/c1-17-6-2-3-7-21(17)30-23-20(14-27-30)24(26-16-25-23)32-15-22(31)28-18-8-10-19(11-9-18)29-12-4-5-13-29/h2-3,6-11,14,16H,4-5,12-13,15H2,1H3,(H,28,31). The van der Waals surface area contributed by atoms with Gasteiger partial charge in [0.1, 0.15) is 11.4 Å². The fourth-order valence-electron chi connectivity index (χ4n) is 3.98. The monoisotopic (exact) mass is 444 g/mol. The first-order valence-electron chi connectivity index (χ1n) is 10.7. The Morgan fingerprint density at radius 3 is 2.62 bits per heavy atom. The van der Waals surface area contributed by atoms with Crippen LogP contribution < -0.4 is 10.2 Å². The van der Waals surface area contributed by atoms with E-state index in [2.05, 4.69) is 37.4 Å². The molecule has 0 bridgehead atoms. The number of nitrogens with zero attached hydrogens (tertiary/aromatic N) is 5. The summed E-state index contributed by atoms with van der Waals surface area (Å²) in [5.74, 6) is 0.192. The van der Waals surface area contributed by atoms with E-state index in [1.165, 1.54) is 36.6 Å². The van der Waals surface area contributed by atoms with Crippen molar-refractivity contribution in [2.75, 3.05) is 29.1 Å². The van der Waals surface area contributed by atoms with Crippen LogP contribution >= 0.6 is 11.8 Å². The molecule has 2 aromatic carbocycles. The molecule has 0 aliphatic carbocycles. The number of carbonyl (C=O) groups excluding carboxylic acids is 1. The van der Waals surface area contributed by atoms with Crippen LogP contribution in [0.3, 0.4) is 0 Å². The molecule has 1 aliphatic heterocycles. The number of aryl methyl sites for hydroxylation is 1. The minimum Gasteiger partial charge on any atom is -0.372 e. The van der Waals surface area contributed by atoms with Gasteiger partial charge in [0.05, 0.1) is 23.0 Å². The van der Waals surface area contributed by atoms with Crippen molar-refractivity contribution in [2.24, 2.45) is 0 Å². The molecule has 0 saturated carbocycles. The number of para-hydroxylation sites is 1. The highest BCUT2D eigenvalue weighted by atomic mass is 32.2. The molecular formula is C24H24N6OS. The third kappa shape index (κ3) is 4.18. The number of hydrogen-bond donors (Lipinski definition) is 1. The summed E-state index contributed by atoms with van der Waals surface area (Å²) < 4.78 is 1.82. The second kappa shape index (κ2) is 9.00. The highest BCUT2D eigenvalue weighted by Crippen LogP contribution is 2.27. The van der Waals surface area contributed by atoms with Crippen LogP contribution in [0.5, 0.6) is 0 Å². The van der Waals surface area contributed by atoms with Crippen LogP contribution in [0.1, 0.15) is 18.4 Å². The van der Waals surface area contributed by atoms with Gasteiger partial charge in [-0.05, 0) is 55.7 Å². The Morgan fingerprint density at radius 2 is 1.84 bits per heavy atom. The predicted molar refractivity (Wildman–Crippen MR) is 129 cm³/mol. The predicted octanol–water partition coefficient (Wildman–Crippen LogP) is 4.45. The number of fused-ring (bicyclic) bond motifs is 1. The second-order valence-electron chi connectivity index (χ2n) is 7.84. The number of aromatic nitrogens is 4. The van der Waals surface area contributed by atoms with E-state index in [0.29, 0.717) is 0 Å². The summed E-state index contributed by atoms with van der Waals surface area (Å²) in [6.45, 7) is 4.26. The topological polar surface area (TPSA) is 75.9 Å². The van der Waals surface area contributed by atoms with Gasteiger partial charge in [0.15, 0.2) is 5.65 Å². The zero-order valence-electron chi connectivity index (χ0n) is 17.9. The summed E-state index contributed by atoms with van der Waals surface area (Å²) in [6, 6.07) is 16.1. The van der Waals surface area contributed by atoms with Crippen LogP contribution in [0.15, 0.2) is 66.1 Å². The van der Waals surface area contributed by atoms with E-state index in [9.17, 15) is 4.79 Å². The number of thioether (sulfide) groups is 1. The molecule has 0 unspecified atom stereocenters. The summed E-state index contributed by atoms with van der Waals surface area (Å²) in [5, 5.41) is 9.07. The SMILES string of the molecule is Cc1ccccc1-n1ncc2c(SCC(=O)Nc3ccc(N4CCCC4)cc3)ncnc21. The minimum absolute atomic E-state index is 0.0676. The van der Waals surface area contributed by atoms with Gasteiger partial charge in [0.2, 0.25) is 5.91 Å². The largest absolute Gasteiger partial charge is 0.372 e. The van der Waals surface area contributed by atoms with E-state index in [1.54, 1.807) is 6.20 Å². The molecule has 0 spiro atoms. The number of rotatable bonds is 6. The van der Waals surface area contributed by atoms with Crippen molar-refractivity contribution in [3.05, 3.63) is 66.6 Å². The van der Waals surface area contributed by atoms with Crippen LogP contribution in [0.25, 0.3) is 16.7 Å². The average Bonchev–Trinajstić information content (AvgIpc) is 3.49. The number of hydrogen-bond acceptors (Lipinski definition) is 6. The van der Waals surface area contributed by atoms with Crippen molar-refractivity contribution in [3.8, 4) is 5.69 Å². The van der Waals surface area contributed by atoms with Gasteiger partial charge in [-0.3, -0.25) is 4.79 Å². The molecule has 4 aromatic rings. The van der Waals surface area contributed by atoms with Crippen LogP contribution in [0.4, 0.5) is 11.4 Å². The van der Waals surface area contributed by atoms with Crippen molar-refractivity contribution >= 4 is 40.1 Å². The molecule has 2 aromatic heterocycles. The molecule has 7 nitrogen and oxygen atoms in total. The zero-order chi connectivity index (χ0) is 21.9. The third-order valence-corrected chi connectivity index (χ3v) is 6.64. The molecule has 0 radical (unpaired) electrons. The third-order valence-electron chi connectivity index (χ3n) is 5.64. The molecule has 0 atom stereocenters. The number of anilines is 2. The number of carbonyl (C=O) groups is 1. The molecule has 1 saturated heterocycles. The maximum Gasteiger partial charge on any atom is 0.234 e. The molecular weight excluding hydrogens is 420 g/mol. The van der Waals surface area contributed by atoms with Crippen molar-refractivity contribution in [1.82, 2.24) is 19.7 Å². The van der Waals surface area contributed by atoms with E-state index >= 15 is 0 Å². The molecule has 32 heavy (non-hydrogen) atoms. The molecule has 1 fully saturated rings. The lowest BCUT2D eigenvalue weighted by Gasteiger charge is -2.17. The Hall–Kier alpha value is -3.39. The summed E-state index contributed by atoms with van der Waals surface area (Å²) in [5.41, 5.74) is 4.84. The fourth-order valence-corrected chi connectivity index (χ4v) is 4.74. The van der Waals surface area contributed by atoms with Crippen molar-refractivity contribution in [1.29, 1.82) is 0 Å². The second-order valence-corrected chi connectivity index (χ2v) is 8.80. The average molecular weight is 445 g/mol. The minimum atomic E-state index is -0.0676. The summed E-state index contributed by atoms with van der Waals surface area (Å²) >= 11 is 1.39. The summed E-state index contributed by atoms with van der Waals surface area (Å²) in [6.07, 6.45) is 5.78. The van der Waals surface area contributed by atoms with E-state index in [0.717, 1.165) is 46.1 Å². The van der Waals surface area contributed by atoms with Crippen molar-refractivity contribution in [3.63, 3.8) is 0 Å². The van der Waals surface area contributed by atoms with E-state index in [4.69, 9.17) is 0 Å². The molecule has 5 rings (SSSR count). The first kappa shape index (κ1) is 20.5. The maximum absolute atomic E-state index is 12.5. The fraction of sp³-hybridized carbons (Fsp3) is 0.250. The van der Waals surface area contributed by atoms with E-state index in [-0.39, 0.29) is 11.7 Å². The molecule has 1 N–H and O–H groups in total. The van der Waals surface area contributed by atoms with Gasteiger partial charge in [-0.25, -0.2) is 14.6 Å². The van der Waals surface area contributed by atoms with Crippen molar-refractivity contribution < 1.29 is 4.79 Å². The van der Waals surface area contributed by atoms with Crippen LogP contribution in [0, 0.1) is 6.92 Å². The Balaban J connectivity index is 1.26. The normalized spacial score (nSPS) is 13.6. The zero-order valence-corrected chi connectivity index (χ0v) is 18.7. The Bertz CT molecular complexity index is 1250. The Labute approximate surface area is 190 Å². The molecule has 1 amide bonds. The Morgan fingerprint density at radius 1 is 1.06 bits per heavy atom. The van der Waals surface area contributed by atoms with Crippen LogP contribution in [-0.4, -0.2) is 44.5 Å². The van der Waals surface area contributed by atoms with Gasteiger partial charge in [-0.15, -0.1) is 0 Å². The highest BCUT2D eigenvalue weighted by molar-refractivity contribution is 8.00. The molecule has 8 heteroatoms. The summed E-state index contributed by atoms with van der Waals surface area (Å²) in [4.78, 5) is 23.7. The molecule has 3 heterocycles. The first-order valence-corrected chi connectivity index (χ1v) is 11.7. The van der Waals surface area contributed by atoms with E-state index in [1.807, 2.05) is 48.0 Å². The quantitative estimate of drug-likeness (QED) is 0.350. The van der Waals surface area contributed by atoms with Crippen molar-refractivity contribution in [2.45, 2.75) is 24.8 Å². The lowest BCUT2D eigenvalue weighted by molar-refractivity contribution is -0.113. The lowest BCUT2D eigenvalue weighted by atomic mass is 10.2.